The Kier molecular flexibility index (Phi) is 4.14. The van der Waals surface area contributed by atoms with Gasteiger partial charge in [0.2, 0.25) is 5.91 Å². The lowest BCUT2D eigenvalue weighted by molar-refractivity contribution is -0.121. The molecule has 0 unspecified atom stereocenters. The van der Waals surface area contributed by atoms with Gasteiger partial charge in [-0.1, -0.05) is 0 Å². The fraction of sp³-hybridized carbons (Fsp3) is 0.500. The monoisotopic (exact) mass is 269 g/mol. The number of nitrogens with one attached hydrogen (secondary N) is 1. The first-order valence-electron chi connectivity index (χ1n) is 6.36. The molecule has 1 aromatic carbocycles. The van der Waals surface area contributed by atoms with Gasteiger partial charge in [-0.3, -0.25) is 4.79 Å². The number of halogens is 2. The Labute approximate surface area is 110 Å². The zero-order valence-corrected chi connectivity index (χ0v) is 10.6. The average molecular weight is 269 g/mol. The molecule has 1 saturated carbocycles. The molecule has 2 N–H and O–H groups in total. The maximum Gasteiger partial charge on any atom is 0.220 e. The summed E-state index contributed by atoms with van der Waals surface area (Å²) < 4.78 is 26.3. The maximum atomic E-state index is 13.3. The van der Waals surface area contributed by atoms with Crippen LogP contribution in [-0.2, 0) is 11.2 Å². The number of aryl methyl sites for hydroxylation is 1. The van der Waals surface area contributed by atoms with Crippen LogP contribution >= 0.6 is 0 Å². The van der Waals surface area contributed by atoms with Gasteiger partial charge in [0.05, 0.1) is 6.61 Å². The Hall–Kier alpha value is -1.49. The SMILES string of the molecule is O=C(CCc1cc(F)ccc1F)NCC1(CO)CC1. The van der Waals surface area contributed by atoms with Gasteiger partial charge < -0.3 is 10.4 Å². The lowest BCUT2D eigenvalue weighted by Crippen LogP contribution is -2.32. The molecule has 0 bridgehead atoms. The van der Waals surface area contributed by atoms with E-state index in [1.807, 2.05) is 0 Å². The van der Waals surface area contributed by atoms with Crippen LogP contribution < -0.4 is 5.32 Å². The zero-order chi connectivity index (χ0) is 13.9. The van der Waals surface area contributed by atoms with Gasteiger partial charge in [0.15, 0.2) is 0 Å². The number of carbonyl (C=O) groups is 1. The van der Waals surface area contributed by atoms with Crippen LogP contribution in [0.4, 0.5) is 8.78 Å². The molecule has 0 heterocycles. The van der Waals surface area contributed by atoms with Gasteiger partial charge in [0.1, 0.15) is 11.6 Å². The van der Waals surface area contributed by atoms with Crippen molar-refractivity contribution in [2.75, 3.05) is 13.2 Å². The largest absolute Gasteiger partial charge is 0.396 e. The number of carbonyl (C=O) groups excluding carboxylic acids is 1. The summed E-state index contributed by atoms with van der Waals surface area (Å²) in [5, 5.41) is 11.8. The first kappa shape index (κ1) is 13.9. The van der Waals surface area contributed by atoms with E-state index < -0.39 is 11.6 Å². The molecular formula is C14H17F2NO2. The van der Waals surface area contributed by atoms with Crippen LogP contribution in [0.15, 0.2) is 18.2 Å². The minimum atomic E-state index is -0.506. The molecule has 2 rings (SSSR count). The van der Waals surface area contributed by atoms with Crippen molar-refractivity contribution in [2.45, 2.75) is 25.7 Å². The minimum absolute atomic E-state index is 0.0752. The highest BCUT2D eigenvalue weighted by molar-refractivity contribution is 5.76. The molecule has 1 amide bonds. The van der Waals surface area contributed by atoms with Crippen LogP contribution in [0.5, 0.6) is 0 Å². The van der Waals surface area contributed by atoms with E-state index in [1.165, 1.54) is 0 Å². The van der Waals surface area contributed by atoms with E-state index in [2.05, 4.69) is 5.32 Å². The van der Waals surface area contributed by atoms with E-state index in [0.717, 1.165) is 31.0 Å². The molecule has 1 aliphatic carbocycles. The van der Waals surface area contributed by atoms with Crippen molar-refractivity contribution in [2.24, 2.45) is 5.41 Å². The van der Waals surface area contributed by atoms with E-state index in [1.54, 1.807) is 0 Å². The Morgan fingerprint density at radius 3 is 2.74 bits per heavy atom. The van der Waals surface area contributed by atoms with Crippen LogP contribution in [0.25, 0.3) is 0 Å². The van der Waals surface area contributed by atoms with E-state index in [-0.39, 0.29) is 36.3 Å². The summed E-state index contributed by atoms with van der Waals surface area (Å²) in [6.07, 6.45) is 2.12. The normalized spacial score (nSPS) is 16.2. The van der Waals surface area contributed by atoms with Crippen LogP contribution in [0.3, 0.4) is 0 Å². The zero-order valence-electron chi connectivity index (χ0n) is 10.6. The molecule has 5 heteroatoms. The summed E-state index contributed by atoms with van der Waals surface area (Å²) in [5.74, 6) is -1.21. The first-order chi connectivity index (χ1) is 9.04. The molecule has 3 nitrogen and oxygen atoms in total. The fourth-order valence-corrected chi connectivity index (χ4v) is 1.93. The van der Waals surface area contributed by atoms with Crippen molar-refractivity contribution in [3.63, 3.8) is 0 Å². The van der Waals surface area contributed by atoms with Crippen molar-refractivity contribution >= 4 is 5.91 Å². The summed E-state index contributed by atoms with van der Waals surface area (Å²) >= 11 is 0. The van der Waals surface area contributed by atoms with Crippen molar-refractivity contribution in [3.05, 3.63) is 35.4 Å². The highest BCUT2D eigenvalue weighted by Gasteiger charge is 2.41. The van der Waals surface area contributed by atoms with Crippen molar-refractivity contribution in [3.8, 4) is 0 Å². The number of amides is 1. The molecule has 1 fully saturated rings. The summed E-state index contributed by atoms with van der Waals surface area (Å²) in [7, 11) is 0. The van der Waals surface area contributed by atoms with Gasteiger partial charge >= 0.3 is 0 Å². The molecule has 0 saturated heterocycles. The summed E-state index contributed by atoms with van der Waals surface area (Å²) in [4.78, 5) is 11.6. The highest BCUT2D eigenvalue weighted by Crippen LogP contribution is 2.44. The fourth-order valence-electron chi connectivity index (χ4n) is 1.93. The van der Waals surface area contributed by atoms with Crippen LogP contribution in [0, 0.1) is 17.0 Å². The molecule has 0 atom stereocenters. The molecule has 0 spiro atoms. The van der Waals surface area contributed by atoms with Crippen molar-refractivity contribution < 1.29 is 18.7 Å². The molecule has 0 aliphatic heterocycles. The molecule has 0 aromatic heterocycles. The molecule has 104 valence electrons. The topological polar surface area (TPSA) is 49.3 Å². The van der Waals surface area contributed by atoms with Gasteiger partial charge in [-0.05, 0) is 43.0 Å². The lowest BCUT2D eigenvalue weighted by atomic mass is 10.1. The van der Waals surface area contributed by atoms with E-state index in [9.17, 15) is 13.6 Å². The average Bonchev–Trinajstić information content (AvgIpc) is 3.18. The standard InChI is InChI=1S/C14H17F2NO2/c15-11-2-3-12(16)10(7-11)1-4-13(19)17-8-14(9-18)5-6-14/h2-3,7,18H,1,4-6,8-9H2,(H,17,19). The van der Waals surface area contributed by atoms with Gasteiger partial charge in [0.25, 0.3) is 0 Å². The Bertz CT molecular complexity index is 473. The van der Waals surface area contributed by atoms with Gasteiger partial charge in [0, 0.05) is 18.4 Å². The van der Waals surface area contributed by atoms with Crippen molar-refractivity contribution in [1.29, 1.82) is 0 Å². The number of rotatable bonds is 6. The first-order valence-corrected chi connectivity index (χ1v) is 6.36. The highest BCUT2D eigenvalue weighted by atomic mass is 19.1. The quantitative estimate of drug-likeness (QED) is 0.827. The lowest BCUT2D eigenvalue weighted by Gasteiger charge is -2.12. The molecule has 1 aliphatic rings. The van der Waals surface area contributed by atoms with Crippen LogP contribution in [-0.4, -0.2) is 24.2 Å². The number of hydrogen-bond acceptors (Lipinski definition) is 2. The van der Waals surface area contributed by atoms with Gasteiger partial charge in [-0.25, -0.2) is 8.78 Å². The second-order valence-corrected chi connectivity index (χ2v) is 5.17. The third-order valence-electron chi connectivity index (χ3n) is 3.58. The predicted octanol–water partition coefficient (Wildman–Crippen LogP) is 1.79. The van der Waals surface area contributed by atoms with Gasteiger partial charge in [-0.2, -0.15) is 0 Å². The molecular weight excluding hydrogens is 252 g/mol. The number of hydrogen-bond donors (Lipinski definition) is 2. The van der Waals surface area contributed by atoms with Gasteiger partial charge in [-0.15, -0.1) is 0 Å². The minimum Gasteiger partial charge on any atom is -0.396 e. The van der Waals surface area contributed by atoms with E-state index in [0.29, 0.717) is 6.54 Å². The third-order valence-corrected chi connectivity index (χ3v) is 3.58. The summed E-state index contributed by atoms with van der Waals surface area (Å²) in [5.41, 5.74) is 0.0678. The smallest absolute Gasteiger partial charge is 0.220 e. The molecule has 19 heavy (non-hydrogen) atoms. The molecule has 0 radical (unpaired) electrons. The number of aliphatic hydroxyl groups excluding tert-OH is 1. The van der Waals surface area contributed by atoms with Crippen LogP contribution in [0.2, 0.25) is 0 Å². The molecule has 1 aromatic rings. The number of aliphatic hydroxyl groups is 1. The predicted molar refractivity (Wildman–Crippen MR) is 66.4 cm³/mol. The Morgan fingerprint density at radius 1 is 1.37 bits per heavy atom. The van der Waals surface area contributed by atoms with E-state index in [4.69, 9.17) is 5.11 Å². The summed E-state index contributed by atoms with van der Waals surface area (Å²) in [6.45, 7) is 0.528. The van der Waals surface area contributed by atoms with Crippen LogP contribution in [0.1, 0.15) is 24.8 Å². The number of benzene rings is 1. The Morgan fingerprint density at radius 2 is 2.11 bits per heavy atom. The Balaban J connectivity index is 1.78. The maximum absolute atomic E-state index is 13.3. The summed E-state index contributed by atoms with van der Waals surface area (Å²) in [6, 6.07) is 3.23. The van der Waals surface area contributed by atoms with E-state index >= 15 is 0 Å². The second kappa shape index (κ2) is 5.65. The third kappa shape index (κ3) is 3.73. The van der Waals surface area contributed by atoms with Crippen molar-refractivity contribution in [1.82, 2.24) is 5.32 Å². The second-order valence-electron chi connectivity index (χ2n) is 5.17.